The molecule has 1 aromatic carbocycles. The van der Waals surface area contributed by atoms with Gasteiger partial charge in [-0.2, -0.15) is 0 Å². The van der Waals surface area contributed by atoms with Crippen molar-refractivity contribution < 1.29 is 5.11 Å². The van der Waals surface area contributed by atoms with Crippen LogP contribution in [0.5, 0.6) is 5.75 Å². The van der Waals surface area contributed by atoms with Gasteiger partial charge in [0.15, 0.2) is 0 Å². The van der Waals surface area contributed by atoms with Crippen LogP contribution in [0, 0.1) is 12.3 Å². The summed E-state index contributed by atoms with van der Waals surface area (Å²) >= 11 is 0. The first-order valence-corrected chi connectivity index (χ1v) is 7.31. The Labute approximate surface area is 133 Å². The van der Waals surface area contributed by atoms with E-state index in [0.29, 0.717) is 11.5 Å². The predicted molar refractivity (Wildman–Crippen MR) is 96.2 cm³/mol. The largest absolute Gasteiger partial charge is 0.506 e. The topological polar surface area (TPSA) is 56.1 Å². The van der Waals surface area contributed by atoms with Crippen LogP contribution in [-0.2, 0) is 5.41 Å². The number of anilines is 1. The summed E-state index contributed by atoms with van der Waals surface area (Å²) in [6.45, 7) is 12.0. The van der Waals surface area contributed by atoms with E-state index in [-0.39, 0.29) is 5.41 Å². The lowest BCUT2D eigenvalue weighted by Gasteiger charge is -2.21. The van der Waals surface area contributed by atoms with Gasteiger partial charge in [-0.25, -0.2) is 0 Å². The lowest BCUT2D eigenvalue weighted by molar-refractivity contribution is 0.472. The first-order valence-electron chi connectivity index (χ1n) is 7.31. The Bertz CT molecular complexity index is 610. The molecule has 3 N–H and O–H groups in total. The molecule has 118 valence electrons. The molecule has 0 heterocycles. The van der Waals surface area contributed by atoms with Gasteiger partial charge in [0.2, 0.25) is 0 Å². The lowest BCUT2D eigenvalue weighted by atomic mass is 9.85. The van der Waals surface area contributed by atoms with Gasteiger partial charge in [-0.3, -0.25) is 0 Å². The average Bonchev–Trinajstić information content (AvgIpc) is 2.44. The molecule has 3 heteroatoms. The van der Waals surface area contributed by atoms with E-state index in [2.05, 4.69) is 32.7 Å². The number of phenols is 1. The van der Waals surface area contributed by atoms with Crippen molar-refractivity contribution in [3.63, 3.8) is 0 Å². The molecule has 22 heavy (non-hydrogen) atoms. The maximum absolute atomic E-state index is 9.73. The van der Waals surface area contributed by atoms with E-state index in [4.69, 9.17) is 5.41 Å². The molecular weight excluding hydrogens is 272 g/mol. The van der Waals surface area contributed by atoms with Crippen LogP contribution in [0.2, 0.25) is 0 Å². The maximum atomic E-state index is 9.73. The highest BCUT2D eigenvalue weighted by atomic mass is 16.3. The highest BCUT2D eigenvalue weighted by molar-refractivity contribution is 6.08. The van der Waals surface area contributed by atoms with Crippen LogP contribution < -0.4 is 5.32 Å². The highest BCUT2D eigenvalue weighted by Gasteiger charge is 2.16. The summed E-state index contributed by atoms with van der Waals surface area (Å²) < 4.78 is 0. The van der Waals surface area contributed by atoms with Crippen molar-refractivity contribution in [2.45, 2.75) is 33.1 Å². The van der Waals surface area contributed by atoms with Crippen LogP contribution in [0.15, 0.2) is 48.6 Å². The Morgan fingerprint density at radius 1 is 1.14 bits per heavy atom. The molecule has 3 nitrogen and oxygen atoms in total. The summed E-state index contributed by atoms with van der Waals surface area (Å²) in [4.78, 5) is 0. The van der Waals surface area contributed by atoms with Crippen molar-refractivity contribution >= 4 is 11.4 Å². The lowest BCUT2D eigenvalue weighted by Crippen LogP contribution is -2.11. The van der Waals surface area contributed by atoms with Crippen molar-refractivity contribution in [2.24, 2.45) is 0 Å². The molecule has 0 amide bonds. The second kappa shape index (κ2) is 7.12. The van der Waals surface area contributed by atoms with Crippen LogP contribution in [0.4, 0.5) is 5.69 Å². The highest BCUT2D eigenvalue weighted by Crippen LogP contribution is 2.33. The molecular formula is C19H26N2O. The minimum atomic E-state index is 0.115. The van der Waals surface area contributed by atoms with Gasteiger partial charge in [0.25, 0.3) is 0 Å². The van der Waals surface area contributed by atoms with Gasteiger partial charge in [0.05, 0.1) is 11.4 Å². The smallest absolute Gasteiger partial charge is 0.141 e. The number of nitrogens with one attached hydrogen (secondary N) is 2. The quantitative estimate of drug-likeness (QED) is 0.657. The van der Waals surface area contributed by atoms with Crippen molar-refractivity contribution in [3.05, 3.63) is 59.7 Å². The molecule has 0 spiro atoms. The van der Waals surface area contributed by atoms with Crippen molar-refractivity contribution in [2.75, 3.05) is 12.4 Å². The summed E-state index contributed by atoms with van der Waals surface area (Å²) in [6, 6.07) is 4.04. The number of hydrogen-bond donors (Lipinski definition) is 3. The molecule has 0 aromatic heterocycles. The summed E-state index contributed by atoms with van der Waals surface area (Å²) in [6.07, 6.45) is 7.25. The minimum Gasteiger partial charge on any atom is -0.506 e. The predicted octanol–water partition coefficient (Wildman–Crippen LogP) is 4.73. The fourth-order valence-corrected chi connectivity index (χ4v) is 1.92. The zero-order valence-corrected chi connectivity index (χ0v) is 14.1. The van der Waals surface area contributed by atoms with Crippen molar-refractivity contribution in [3.8, 4) is 5.75 Å². The molecule has 1 aromatic rings. The molecule has 1 aliphatic carbocycles. The normalized spacial score (nSPS) is 13.7. The summed E-state index contributed by atoms with van der Waals surface area (Å²) in [5.74, 6) is 0.348. The van der Waals surface area contributed by atoms with Crippen LogP contribution in [0.3, 0.4) is 0 Å². The number of rotatable bonds is 1. The third-order valence-electron chi connectivity index (χ3n) is 3.45. The van der Waals surface area contributed by atoms with Crippen LogP contribution in [0.25, 0.3) is 0 Å². The van der Waals surface area contributed by atoms with E-state index in [0.717, 1.165) is 16.8 Å². The van der Waals surface area contributed by atoms with Gasteiger partial charge in [0.1, 0.15) is 5.75 Å². The number of phenolic OH excluding ortho intramolecular Hbond substituents is 1. The van der Waals surface area contributed by atoms with E-state index in [9.17, 15) is 5.11 Å². The standard InChI is InChI=1S/C12H19NO.C7H7N/c1-8-6-9(12(2,3)4)7-10(13-5)11(8)14;1-6-4-2-3-5-7(6)8/h6-7,13-14H,1-5H3;2-5,8H,1H2. The molecule has 0 radical (unpaired) electrons. The molecule has 0 saturated heterocycles. The minimum absolute atomic E-state index is 0.115. The zero-order chi connectivity index (χ0) is 16.9. The molecule has 0 fully saturated rings. The third kappa shape index (κ3) is 4.62. The second-order valence-corrected chi connectivity index (χ2v) is 6.35. The van der Waals surface area contributed by atoms with Gasteiger partial charge in [-0.1, -0.05) is 51.6 Å². The average molecular weight is 298 g/mol. The second-order valence-electron chi connectivity index (χ2n) is 6.35. The summed E-state index contributed by atoms with van der Waals surface area (Å²) in [5.41, 5.74) is 4.36. The van der Waals surface area contributed by atoms with E-state index < -0.39 is 0 Å². The number of hydrogen-bond acceptors (Lipinski definition) is 3. The van der Waals surface area contributed by atoms with E-state index in [1.165, 1.54) is 5.56 Å². The molecule has 0 bridgehead atoms. The fourth-order valence-electron chi connectivity index (χ4n) is 1.92. The van der Waals surface area contributed by atoms with Crippen LogP contribution >= 0.6 is 0 Å². The molecule has 1 aliphatic rings. The Morgan fingerprint density at radius 3 is 2.14 bits per heavy atom. The molecule has 0 unspecified atom stereocenters. The first-order chi connectivity index (χ1) is 10.2. The third-order valence-corrected chi connectivity index (χ3v) is 3.45. The molecule has 2 rings (SSSR count). The summed E-state index contributed by atoms with van der Waals surface area (Å²) in [7, 11) is 1.82. The SMILES string of the molecule is C=C1C=CC=CC1=N.CNc1cc(C(C)(C)C)cc(C)c1O. The Hall–Kier alpha value is -2.29. The summed E-state index contributed by atoms with van der Waals surface area (Å²) in [5, 5.41) is 19.9. The monoisotopic (exact) mass is 298 g/mol. The van der Waals surface area contributed by atoms with Crippen molar-refractivity contribution in [1.82, 2.24) is 0 Å². The number of aromatic hydroxyl groups is 1. The molecule has 0 saturated carbocycles. The van der Waals surface area contributed by atoms with Crippen LogP contribution in [0.1, 0.15) is 31.9 Å². The van der Waals surface area contributed by atoms with Gasteiger partial charge in [0, 0.05) is 7.05 Å². The Morgan fingerprint density at radius 2 is 1.73 bits per heavy atom. The number of aryl methyl sites for hydroxylation is 1. The van der Waals surface area contributed by atoms with E-state index in [1.54, 1.807) is 6.08 Å². The first kappa shape index (κ1) is 17.8. The van der Waals surface area contributed by atoms with Gasteiger partial charge < -0.3 is 15.8 Å². The Kier molecular flexibility index (Phi) is 5.75. The molecule has 0 atom stereocenters. The number of benzene rings is 1. The molecule has 0 aliphatic heterocycles. The van der Waals surface area contributed by atoms with E-state index >= 15 is 0 Å². The zero-order valence-electron chi connectivity index (χ0n) is 14.1. The van der Waals surface area contributed by atoms with Gasteiger partial charge in [-0.15, -0.1) is 0 Å². The van der Waals surface area contributed by atoms with Crippen LogP contribution in [-0.4, -0.2) is 17.9 Å². The number of allylic oxidation sites excluding steroid dienone is 5. The van der Waals surface area contributed by atoms with Crippen molar-refractivity contribution in [1.29, 1.82) is 5.41 Å². The Balaban J connectivity index is 0.000000255. The maximum Gasteiger partial charge on any atom is 0.141 e. The van der Waals surface area contributed by atoms with Gasteiger partial charge >= 0.3 is 0 Å². The van der Waals surface area contributed by atoms with Gasteiger partial charge in [-0.05, 0) is 41.2 Å². The van der Waals surface area contributed by atoms with E-state index in [1.807, 2.05) is 44.3 Å². The fraction of sp³-hybridized carbons (Fsp3) is 0.316.